The van der Waals surface area contributed by atoms with Gasteiger partial charge in [-0.15, -0.1) is 0 Å². The number of halogens is 1. The molecule has 0 bridgehead atoms. The summed E-state index contributed by atoms with van der Waals surface area (Å²) in [6.45, 7) is 4.08. The van der Waals surface area contributed by atoms with E-state index in [9.17, 15) is 5.11 Å². The molecule has 1 heterocycles. The fraction of sp³-hybridized carbons (Fsp3) is 0.353. The van der Waals surface area contributed by atoms with Gasteiger partial charge in [0.25, 0.3) is 0 Å². The molecule has 1 aromatic carbocycles. The molecule has 3 nitrogen and oxygen atoms in total. The molecule has 0 spiro atoms. The Morgan fingerprint density at radius 2 is 1.86 bits per heavy atom. The number of anilines is 1. The van der Waals surface area contributed by atoms with Crippen molar-refractivity contribution in [2.24, 2.45) is 0 Å². The first kappa shape index (κ1) is 15.8. The van der Waals surface area contributed by atoms with Crippen LogP contribution in [0.4, 0.5) is 5.69 Å². The smallest absolute Gasteiger partial charge is 0.0957 e. The molecule has 0 aliphatic heterocycles. The summed E-state index contributed by atoms with van der Waals surface area (Å²) in [4.78, 5) is 6.50. The van der Waals surface area contributed by atoms with Crippen molar-refractivity contribution in [1.29, 1.82) is 0 Å². The molecular weight excluding hydrogens is 284 g/mol. The second-order valence-corrected chi connectivity index (χ2v) is 5.64. The second-order valence-electron chi connectivity index (χ2n) is 5.20. The number of nitrogens with zero attached hydrogens (tertiary/aromatic N) is 2. The van der Waals surface area contributed by atoms with E-state index in [1.807, 2.05) is 50.4 Å². The van der Waals surface area contributed by atoms with Crippen LogP contribution in [0, 0.1) is 0 Å². The van der Waals surface area contributed by atoms with Gasteiger partial charge in [0.05, 0.1) is 29.7 Å². The number of benzene rings is 1. The maximum atomic E-state index is 9.78. The Labute approximate surface area is 131 Å². The molecule has 2 unspecified atom stereocenters. The highest BCUT2D eigenvalue weighted by Gasteiger charge is 2.13. The molecule has 4 heteroatoms. The minimum atomic E-state index is -0.488. The molecule has 0 aliphatic rings. The maximum absolute atomic E-state index is 9.78. The first-order chi connectivity index (χ1) is 10.0. The van der Waals surface area contributed by atoms with Gasteiger partial charge in [0.2, 0.25) is 0 Å². The van der Waals surface area contributed by atoms with E-state index in [4.69, 9.17) is 11.6 Å². The van der Waals surface area contributed by atoms with Gasteiger partial charge in [0.1, 0.15) is 0 Å². The molecule has 2 aromatic rings. The largest absolute Gasteiger partial charge is 0.387 e. The molecule has 0 saturated heterocycles. The van der Waals surface area contributed by atoms with E-state index < -0.39 is 6.10 Å². The predicted molar refractivity (Wildman–Crippen MR) is 87.8 cm³/mol. The van der Waals surface area contributed by atoms with Crippen LogP contribution in [0.5, 0.6) is 0 Å². The van der Waals surface area contributed by atoms with Crippen molar-refractivity contribution in [3.05, 3.63) is 58.9 Å². The number of aromatic nitrogens is 1. The average Bonchev–Trinajstić information content (AvgIpc) is 2.53. The summed E-state index contributed by atoms with van der Waals surface area (Å²) < 4.78 is 0. The average molecular weight is 305 g/mol. The molecule has 0 saturated carbocycles. The van der Waals surface area contributed by atoms with Gasteiger partial charge < -0.3 is 10.0 Å². The number of aliphatic hydroxyl groups excluding tert-OH is 1. The van der Waals surface area contributed by atoms with Crippen LogP contribution in [0.2, 0.25) is 5.02 Å². The minimum absolute atomic E-state index is 0.214. The fourth-order valence-electron chi connectivity index (χ4n) is 2.20. The van der Waals surface area contributed by atoms with Gasteiger partial charge in [0.15, 0.2) is 0 Å². The van der Waals surface area contributed by atoms with E-state index in [1.54, 1.807) is 6.20 Å². The zero-order valence-corrected chi connectivity index (χ0v) is 13.4. The zero-order chi connectivity index (χ0) is 15.4. The zero-order valence-electron chi connectivity index (χ0n) is 12.6. The number of hydrogen-bond acceptors (Lipinski definition) is 3. The van der Waals surface area contributed by atoms with E-state index in [1.165, 1.54) is 5.56 Å². The number of rotatable bonds is 5. The van der Waals surface area contributed by atoms with Gasteiger partial charge in [-0.1, -0.05) is 30.7 Å². The highest BCUT2D eigenvalue weighted by Crippen LogP contribution is 2.26. The summed E-state index contributed by atoms with van der Waals surface area (Å²) in [7, 11) is 2.03. The Bertz CT molecular complexity index is 568. The topological polar surface area (TPSA) is 36.4 Å². The number of pyridine rings is 1. The fourth-order valence-corrected chi connectivity index (χ4v) is 2.33. The van der Waals surface area contributed by atoms with Crippen LogP contribution in [0.3, 0.4) is 0 Å². The van der Waals surface area contributed by atoms with Gasteiger partial charge in [-0.05, 0) is 43.2 Å². The molecule has 0 aliphatic carbocycles. The van der Waals surface area contributed by atoms with E-state index in [-0.39, 0.29) is 6.04 Å². The lowest BCUT2D eigenvalue weighted by Gasteiger charge is -2.27. The van der Waals surface area contributed by atoms with Gasteiger partial charge >= 0.3 is 0 Å². The third-order valence-corrected chi connectivity index (χ3v) is 4.09. The normalized spacial score (nSPS) is 13.8. The molecule has 0 amide bonds. The molecule has 21 heavy (non-hydrogen) atoms. The summed E-state index contributed by atoms with van der Waals surface area (Å²) in [5.41, 5.74) is 2.93. The lowest BCUT2D eigenvalue weighted by molar-refractivity contribution is 0.169. The van der Waals surface area contributed by atoms with Crippen molar-refractivity contribution in [3.63, 3.8) is 0 Å². The number of aliphatic hydroxyl groups is 1. The quantitative estimate of drug-likeness (QED) is 0.890. The predicted octanol–water partition coefficient (Wildman–Crippen LogP) is 4.38. The highest BCUT2D eigenvalue weighted by molar-refractivity contribution is 6.30. The third-order valence-electron chi connectivity index (χ3n) is 3.84. The summed E-state index contributed by atoms with van der Waals surface area (Å²) >= 11 is 5.93. The molecule has 0 fully saturated rings. The van der Waals surface area contributed by atoms with Crippen LogP contribution < -0.4 is 4.90 Å². The van der Waals surface area contributed by atoms with Crippen LogP contribution in [-0.4, -0.2) is 17.1 Å². The molecule has 2 rings (SSSR count). The van der Waals surface area contributed by atoms with Crippen molar-refractivity contribution in [1.82, 2.24) is 4.98 Å². The highest BCUT2D eigenvalue weighted by atomic mass is 35.5. The van der Waals surface area contributed by atoms with Gasteiger partial charge in [-0.3, -0.25) is 4.98 Å². The monoisotopic (exact) mass is 304 g/mol. The van der Waals surface area contributed by atoms with Gasteiger partial charge in [-0.2, -0.15) is 0 Å². The molecule has 0 radical (unpaired) electrons. The van der Waals surface area contributed by atoms with Crippen LogP contribution >= 0.6 is 11.6 Å². The molecule has 2 atom stereocenters. The van der Waals surface area contributed by atoms with Crippen molar-refractivity contribution < 1.29 is 5.11 Å². The molecule has 1 N–H and O–H groups in total. The van der Waals surface area contributed by atoms with E-state index >= 15 is 0 Å². The summed E-state index contributed by atoms with van der Waals surface area (Å²) in [5.74, 6) is 0. The molecular formula is C17H21ClN2O. The Morgan fingerprint density at radius 1 is 1.19 bits per heavy atom. The SMILES string of the molecule is CCC(O)c1ccc(N(C)C(C)c2ccc(Cl)cc2)cn1. The van der Waals surface area contributed by atoms with E-state index in [2.05, 4.69) is 16.8 Å². The Balaban J connectivity index is 2.15. The Kier molecular flexibility index (Phi) is 5.21. The lowest BCUT2D eigenvalue weighted by atomic mass is 10.1. The van der Waals surface area contributed by atoms with Crippen LogP contribution in [0.1, 0.15) is 43.7 Å². The van der Waals surface area contributed by atoms with Crippen LogP contribution in [0.25, 0.3) is 0 Å². The van der Waals surface area contributed by atoms with Crippen molar-refractivity contribution in [2.75, 3.05) is 11.9 Å². The van der Waals surface area contributed by atoms with Crippen LogP contribution in [0.15, 0.2) is 42.6 Å². The van der Waals surface area contributed by atoms with E-state index in [0.717, 1.165) is 10.7 Å². The third kappa shape index (κ3) is 3.74. The standard InChI is InChI=1S/C17H21ClN2O/c1-4-17(21)16-10-9-15(11-19-16)20(3)12(2)13-5-7-14(18)8-6-13/h5-12,17,21H,4H2,1-3H3. The maximum Gasteiger partial charge on any atom is 0.0957 e. The summed E-state index contributed by atoms with van der Waals surface area (Å²) in [5, 5.41) is 10.5. The van der Waals surface area contributed by atoms with Crippen molar-refractivity contribution >= 4 is 17.3 Å². The van der Waals surface area contributed by atoms with E-state index in [0.29, 0.717) is 12.1 Å². The lowest BCUT2D eigenvalue weighted by Crippen LogP contribution is -2.21. The van der Waals surface area contributed by atoms with Crippen molar-refractivity contribution in [3.8, 4) is 0 Å². The molecule has 112 valence electrons. The Morgan fingerprint density at radius 3 is 2.38 bits per heavy atom. The molecule has 1 aromatic heterocycles. The van der Waals surface area contributed by atoms with Gasteiger partial charge in [-0.25, -0.2) is 0 Å². The first-order valence-corrected chi connectivity index (χ1v) is 7.53. The number of hydrogen-bond donors (Lipinski definition) is 1. The second kappa shape index (κ2) is 6.92. The summed E-state index contributed by atoms with van der Waals surface area (Å²) in [6.07, 6.45) is 1.99. The van der Waals surface area contributed by atoms with Gasteiger partial charge in [0, 0.05) is 12.1 Å². The van der Waals surface area contributed by atoms with Crippen molar-refractivity contribution in [2.45, 2.75) is 32.4 Å². The first-order valence-electron chi connectivity index (χ1n) is 7.15. The minimum Gasteiger partial charge on any atom is -0.387 e. The Hall–Kier alpha value is -1.58. The summed E-state index contributed by atoms with van der Waals surface area (Å²) in [6, 6.07) is 12.0. The van der Waals surface area contributed by atoms with Crippen LogP contribution in [-0.2, 0) is 0 Å².